The van der Waals surface area contributed by atoms with E-state index in [0.29, 0.717) is 12.4 Å². The minimum absolute atomic E-state index is 0.00254. The van der Waals surface area contributed by atoms with Gasteiger partial charge in [-0.05, 0) is 25.7 Å². The van der Waals surface area contributed by atoms with Crippen LogP contribution in [0.25, 0.3) is 0 Å². The highest BCUT2D eigenvalue weighted by Gasteiger charge is 2.47. The number of amides is 2. The number of carbonyl (C=O) groups is 2. The van der Waals surface area contributed by atoms with Crippen molar-refractivity contribution in [3.05, 3.63) is 0 Å². The van der Waals surface area contributed by atoms with Gasteiger partial charge in [0, 0.05) is 12.4 Å². The summed E-state index contributed by atoms with van der Waals surface area (Å²) in [6.45, 7) is 0.567. The second-order valence-corrected chi connectivity index (χ2v) is 5.10. The summed E-state index contributed by atoms with van der Waals surface area (Å²) in [6, 6.07) is 0. The first-order chi connectivity index (χ1) is 7.75. The lowest BCUT2D eigenvalue weighted by molar-refractivity contribution is -0.139. The summed E-state index contributed by atoms with van der Waals surface area (Å²) in [5.41, 5.74) is 0. The van der Waals surface area contributed by atoms with Crippen LogP contribution in [-0.4, -0.2) is 29.1 Å². The Kier molecular flexibility index (Phi) is 3.85. The van der Waals surface area contributed by atoms with E-state index in [-0.39, 0.29) is 23.7 Å². The van der Waals surface area contributed by atoms with Crippen LogP contribution in [0.2, 0.25) is 0 Å². The maximum absolute atomic E-state index is 12.0. The smallest absolute Gasteiger partial charge is 0.233 e. The Labute approximate surface area is 101 Å². The molecule has 4 heteroatoms. The van der Waals surface area contributed by atoms with Crippen LogP contribution in [0.3, 0.4) is 0 Å². The fourth-order valence-electron chi connectivity index (χ4n) is 2.82. The van der Waals surface area contributed by atoms with Crippen molar-refractivity contribution in [1.29, 1.82) is 0 Å². The Bertz CT molecular complexity index is 269. The Hall–Kier alpha value is -0.570. The molecule has 0 aromatic carbocycles. The van der Waals surface area contributed by atoms with Gasteiger partial charge in [-0.15, -0.1) is 11.6 Å². The number of fused-ring (bicyclic) bond motifs is 1. The van der Waals surface area contributed by atoms with Gasteiger partial charge >= 0.3 is 0 Å². The predicted octanol–water partition coefficient (Wildman–Crippen LogP) is 2.18. The molecule has 90 valence electrons. The molecular weight excluding hydrogens is 226 g/mol. The molecule has 2 rings (SSSR count). The summed E-state index contributed by atoms with van der Waals surface area (Å²) in [6.07, 6.45) is 5.70. The molecule has 2 fully saturated rings. The lowest BCUT2D eigenvalue weighted by Gasteiger charge is -2.19. The van der Waals surface area contributed by atoms with Crippen molar-refractivity contribution < 1.29 is 9.59 Å². The molecule has 1 heterocycles. The highest BCUT2D eigenvalue weighted by atomic mass is 35.5. The van der Waals surface area contributed by atoms with Crippen LogP contribution >= 0.6 is 11.6 Å². The molecule has 0 bridgehead atoms. The average Bonchev–Trinajstić information content (AvgIpc) is 2.55. The maximum atomic E-state index is 12.0. The number of alkyl halides is 1. The van der Waals surface area contributed by atoms with Crippen LogP contribution in [0.1, 0.15) is 38.5 Å². The number of carbonyl (C=O) groups excluding carboxylic acids is 2. The minimum Gasteiger partial charge on any atom is -0.282 e. The molecular formula is C12H18ClNO2. The topological polar surface area (TPSA) is 37.4 Å². The van der Waals surface area contributed by atoms with Gasteiger partial charge in [-0.2, -0.15) is 0 Å². The number of imide groups is 1. The van der Waals surface area contributed by atoms with E-state index in [9.17, 15) is 9.59 Å². The van der Waals surface area contributed by atoms with Crippen LogP contribution in [-0.2, 0) is 9.59 Å². The van der Waals surface area contributed by atoms with Crippen molar-refractivity contribution in [2.75, 3.05) is 12.4 Å². The zero-order chi connectivity index (χ0) is 11.5. The van der Waals surface area contributed by atoms with Gasteiger partial charge in [-0.3, -0.25) is 14.5 Å². The normalized spacial score (nSPS) is 29.7. The maximum Gasteiger partial charge on any atom is 0.233 e. The first kappa shape index (κ1) is 11.9. The number of hydrogen-bond donors (Lipinski definition) is 0. The van der Waals surface area contributed by atoms with Crippen LogP contribution in [0.4, 0.5) is 0 Å². The summed E-state index contributed by atoms with van der Waals surface area (Å²) in [7, 11) is 0. The molecule has 1 saturated carbocycles. The third-order valence-corrected chi connectivity index (χ3v) is 3.97. The standard InChI is InChI=1S/C12H18ClNO2/c13-7-3-4-8-14-11(15)9-5-1-2-6-10(9)12(14)16/h9-10H,1-8H2/t9-,10-/m0/s1. The number of halogens is 1. The van der Waals surface area contributed by atoms with Crippen molar-refractivity contribution in [3.63, 3.8) is 0 Å². The van der Waals surface area contributed by atoms with E-state index in [2.05, 4.69) is 0 Å². The highest BCUT2D eigenvalue weighted by Crippen LogP contribution is 2.37. The molecule has 0 unspecified atom stereocenters. The van der Waals surface area contributed by atoms with Crippen molar-refractivity contribution in [3.8, 4) is 0 Å². The fourth-order valence-corrected chi connectivity index (χ4v) is 3.00. The largest absolute Gasteiger partial charge is 0.282 e. The van der Waals surface area contributed by atoms with Crippen molar-refractivity contribution in [2.45, 2.75) is 38.5 Å². The second-order valence-electron chi connectivity index (χ2n) is 4.72. The van der Waals surface area contributed by atoms with E-state index in [0.717, 1.165) is 38.5 Å². The molecule has 0 N–H and O–H groups in total. The summed E-state index contributed by atoms with van der Waals surface area (Å²) in [4.78, 5) is 25.5. The van der Waals surface area contributed by atoms with Gasteiger partial charge in [0.15, 0.2) is 0 Å². The van der Waals surface area contributed by atoms with Crippen LogP contribution in [0.5, 0.6) is 0 Å². The summed E-state index contributed by atoms with van der Waals surface area (Å²) in [5.74, 6) is 0.742. The van der Waals surface area contributed by atoms with Crippen molar-refractivity contribution in [1.82, 2.24) is 4.90 Å². The molecule has 2 atom stereocenters. The van der Waals surface area contributed by atoms with Gasteiger partial charge in [-0.1, -0.05) is 12.8 Å². The highest BCUT2D eigenvalue weighted by molar-refractivity contribution is 6.17. The van der Waals surface area contributed by atoms with Gasteiger partial charge < -0.3 is 0 Å². The van der Waals surface area contributed by atoms with Gasteiger partial charge in [-0.25, -0.2) is 0 Å². The minimum atomic E-state index is -0.00254. The Morgan fingerprint density at radius 1 is 1.06 bits per heavy atom. The van der Waals surface area contributed by atoms with Gasteiger partial charge in [0.25, 0.3) is 0 Å². The van der Waals surface area contributed by atoms with Gasteiger partial charge in [0.05, 0.1) is 11.8 Å². The van der Waals surface area contributed by atoms with E-state index in [1.807, 2.05) is 0 Å². The van der Waals surface area contributed by atoms with Gasteiger partial charge in [0.1, 0.15) is 0 Å². The molecule has 0 radical (unpaired) electrons. The molecule has 1 aliphatic heterocycles. The lowest BCUT2D eigenvalue weighted by atomic mass is 9.81. The van der Waals surface area contributed by atoms with E-state index in [1.54, 1.807) is 0 Å². The Balaban J connectivity index is 1.98. The number of hydrogen-bond acceptors (Lipinski definition) is 2. The molecule has 1 aliphatic carbocycles. The van der Waals surface area contributed by atoms with E-state index < -0.39 is 0 Å². The number of rotatable bonds is 4. The fraction of sp³-hybridized carbons (Fsp3) is 0.833. The first-order valence-corrected chi connectivity index (χ1v) is 6.70. The summed E-state index contributed by atoms with van der Waals surface area (Å²) < 4.78 is 0. The molecule has 2 aliphatic rings. The SMILES string of the molecule is O=C1[C@H]2CCCC[C@@H]2C(=O)N1CCCCCl. The molecule has 3 nitrogen and oxygen atoms in total. The monoisotopic (exact) mass is 243 g/mol. The summed E-state index contributed by atoms with van der Waals surface area (Å²) >= 11 is 5.59. The molecule has 2 amide bonds. The molecule has 0 aromatic rings. The van der Waals surface area contributed by atoms with Crippen molar-refractivity contribution in [2.24, 2.45) is 11.8 Å². The molecule has 0 spiro atoms. The Morgan fingerprint density at radius 3 is 2.12 bits per heavy atom. The lowest BCUT2D eigenvalue weighted by Crippen LogP contribution is -2.32. The molecule has 16 heavy (non-hydrogen) atoms. The average molecular weight is 244 g/mol. The molecule has 1 saturated heterocycles. The number of likely N-dealkylation sites (tertiary alicyclic amines) is 1. The first-order valence-electron chi connectivity index (χ1n) is 6.17. The van der Waals surface area contributed by atoms with Crippen LogP contribution in [0, 0.1) is 11.8 Å². The predicted molar refractivity (Wildman–Crippen MR) is 62.1 cm³/mol. The van der Waals surface area contributed by atoms with Crippen LogP contribution in [0.15, 0.2) is 0 Å². The van der Waals surface area contributed by atoms with Crippen LogP contribution < -0.4 is 0 Å². The number of nitrogens with zero attached hydrogens (tertiary/aromatic N) is 1. The van der Waals surface area contributed by atoms with Crippen molar-refractivity contribution >= 4 is 23.4 Å². The van der Waals surface area contributed by atoms with E-state index >= 15 is 0 Å². The van der Waals surface area contributed by atoms with Gasteiger partial charge in [0.2, 0.25) is 11.8 Å². The summed E-state index contributed by atoms with van der Waals surface area (Å²) in [5, 5.41) is 0. The zero-order valence-electron chi connectivity index (χ0n) is 9.45. The zero-order valence-corrected chi connectivity index (χ0v) is 10.2. The molecule has 0 aromatic heterocycles. The Morgan fingerprint density at radius 2 is 1.62 bits per heavy atom. The third kappa shape index (κ3) is 2.10. The van der Waals surface area contributed by atoms with E-state index in [1.165, 1.54) is 4.90 Å². The second kappa shape index (κ2) is 5.17. The van der Waals surface area contributed by atoms with E-state index in [4.69, 9.17) is 11.6 Å². The number of unbranched alkanes of at least 4 members (excludes halogenated alkanes) is 1. The quantitative estimate of drug-likeness (QED) is 0.431. The third-order valence-electron chi connectivity index (χ3n) is 3.70.